The molecule has 1 aromatic carbocycles. The summed E-state index contributed by atoms with van der Waals surface area (Å²) in [5.41, 5.74) is 0.801. The molecule has 0 saturated carbocycles. The lowest BCUT2D eigenvalue weighted by molar-refractivity contribution is -0.386. The number of rotatable bonds is 7. The number of hydrogen-bond donors (Lipinski definition) is 1. The van der Waals surface area contributed by atoms with Gasteiger partial charge in [-0.05, 0) is 11.6 Å². The largest absolute Gasteiger partial charge is 0.460 e. The van der Waals surface area contributed by atoms with Gasteiger partial charge in [0, 0.05) is 25.8 Å². The molecule has 0 aliphatic heterocycles. The molecule has 18 heavy (non-hydrogen) atoms. The van der Waals surface area contributed by atoms with Crippen molar-refractivity contribution in [3.63, 3.8) is 0 Å². The third kappa shape index (κ3) is 4.31. The average Bonchev–Trinajstić information content (AvgIpc) is 2.34. The quantitative estimate of drug-likeness (QED) is 0.458. The molecule has 0 radical (unpaired) electrons. The van der Waals surface area contributed by atoms with E-state index in [-0.39, 0.29) is 18.2 Å². The first kappa shape index (κ1) is 14.4. The Balaban J connectivity index is 2.85. The van der Waals surface area contributed by atoms with Gasteiger partial charge in [-0.2, -0.15) is 0 Å². The average molecular weight is 254 g/mol. The predicted molar refractivity (Wildman–Crippen MR) is 67.6 cm³/mol. The van der Waals surface area contributed by atoms with Crippen molar-refractivity contribution in [3.05, 3.63) is 33.9 Å². The molecule has 6 heteroatoms. The van der Waals surface area contributed by atoms with E-state index in [1.54, 1.807) is 12.1 Å². The molecule has 1 aromatic rings. The van der Waals surface area contributed by atoms with Crippen molar-refractivity contribution in [2.75, 3.05) is 13.9 Å². The second kappa shape index (κ2) is 6.93. The number of methoxy groups -OCH3 is 1. The van der Waals surface area contributed by atoms with Crippen LogP contribution in [0, 0.1) is 10.1 Å². The van der Waals surface area contributed by atoms with Gasteiger partial charge in [-0.1, -0.05) is 19.9 Å². The number of nitrogens with zero attached hydrogens (tertiary/aromatic N) is 1. The summed E-state index contributed by atoms with van der Waals surface area (Å²) < 4.78 is 9.88. The van der Waals surface area contributed by atoms with Crippen LogP contribution in [0.2, 0.25) is 0 Å². The van der Waals surface area contributed by atoms with E-state index in [1.807, 2.05) is 13.8 Å². The summed E-state index contributed by atoms with van der Waals surface area (Å²) in [6, 6.07) is 5.23. The number of ether oxygens (including phenoxy) is 2. The zero-order valence-electron chi connectivity index (χ0n) is 10.8. The Morgan fingerprint density at radius 1 is 1.44 bits per heavy atom. The monoisotopic (exact) mass is 254 g/mol. The van der Waals surface area contributed by atoms with E-state index in [2.05, 4.69) is 5.32 Å². The van der Waals surface area contributed by atoms with E-state index in [0.717, 1.165) is 5.56 Å². The molecular weight excluding hydrogens is 236 g/mol. The molecule has 0 unspecified atom stereocenters. The zero-order chi connectivity index (χ0) is 13.5. The molecule has 0 atom stereocenters. The molecule has 0 spiro atoms. The summed E-state index contributed by atoms with van der Waals surface area (Å²) in [6.45, 7) is 4.61. The van der Waals surface area contributed by atoms with Crippen LogP contribution in [0.5, 0.6) is 5.75 Å². The smallest absolute Gasteiger partial charge is 0.311 e. The number of nitro benzene ring substituents is 1. The number of benzene rings is 1. The Morgan fingerprint density at radius 2 is 2.17 bits per heavy atom. The van der Waals surface area contributed by atoms with Crippen molar-refractivity contribution in [2.24, 2.45) is 0 Å². The van der Waals surface area contributed by atoms with Crippen LogP contribution < -0.4 is 10.1 Å². The van der Waals surface area contributed by atoms with Crippen molar-refractivity contribution in [2.45, 2.75) is 26.4 Å². The summed E-state index contributed by atoms with van der Waals surface area (Å²) in [6.07, 6.45) is 0. The van der Waals surface area contributed by atoms with Crippen LogP contribution in [-0.4, -0.2) is 24.9 Å². The van der Waals surface area contributed by atoms with Crippen LogP contribution in [0.15, 0.2) is 18.2 Å². The van der Waals surface area contributed by atoms with Gasteiger partial charge in [0.05, 0.1) is 4.92 Å². The highest BCUT2D eigenvalue weighted by Gasteiger charge is 2.15. The third-order valence-electron chi connectivity index (χ3n) is 2.27. The lowest BCUT2D eigenvalue weighted by Crippen LogP contribution is -2.21. The molecule has 6 nitrogen and oxygen atoms in total. The summed E-state index contributed by atoms with van der Waals surface area (Å²) in [4.78, 5) is 10.5. The van der Waals surface area contributed by atoms with Crippen LogP contribution in [0.1, 0.15) is 19.4 Å². The van der Waals surface area contributed by atoms with Gasteiger partial charge in [-0.25, -0.2) is 0 Å². The van der Waals surface area contributed by atoms with Crippen LogP contribution in [-0.2, 0) is 11.3 Å². The predicted octanol–water partition coefficient (Wildman–Crippen LogP) is 2.08. The molecular formula is C12H18N2O4. The first-order valence-corrected chi connectivity index (χ1v) is 5.67. The van der Waals surface area contributed by atoms with Gasteiger partial charge in [0.25, 0.3) is 0 Å². The highest BCUT2D eigenvalue weighted by atomic mass is 16.7. The first-order chi connectivity index (χ1) is 8.54. The standard InChI is InChI=1S/C12H18N2O4/c1-9(2)13-7-10-4-5-12(18-8-17-3)11(6-10)14(15)16/h4-6,9,13H,7-8H2,1-3H3. The van der Waals surface area contributed by atoms with Gasteiger partial charge >= 0.3 is 5.69 Å². The van der Waals surface area contributed by atoms with Gasteiger partial charge in [-0.15, -0.1) is 0 Å². The summed E-state index contributed by atoms with van der Waals surface area (Å²) in [5.74, 6) is 0.218. The normalized spacial score (nSPS) is 10.7. The van der Waals surface area contributed by atoms with E-state index >= 15 is 0 Å². The molecule has 0 aliphatic rings. The van der Waals surface area contributed by atoms with E-state index in [9.17, 15) is 10.1 Å². The van der Waals surface area contributed by atoms with Crippen LogP contribution in [0.4, 0.5) is 5.69 Å². The maximum Gasteiger partial charge on any atom is 0.311 e. The van der Waals surface area contributed by atoms with E-state index in [1.165, 1.54) is 13.2 Å². The first-order valence-electron chi connectivity index (χ1n) is 5.67. The van der Waals surface area contributed by atoms with Crippen LogP contribution in [0.3, 0.4) is 0 Å². The Bertz CT molecular complexity index is 407. The minimum atomic E-state index is -0.454. The number of nitro groups is 1. The third-order valence-corrected chi connectivity index (χ3v) is 2.27. The van der Waals surface area contributed by atoms with Crippen LogP contribution >= 0.6 is 0 Å². The topological polar surface area (TPSA) is 73.6 Å². The minimum Gasteiger partial charge on any atom is -0.460 e. The molecule has 0 fully saturated rings. The Morgan fingerprint density at radius 3 is 2.72 bits per heavy atom. The Labute approximate surface area is 106 Å². The van der Waals surface area contributed by atoms with Crippen LogP contribution in [0.25, 0.3) is 0 Å². The van der Waals surface area contributed by atoms with Gasteiger partial charge in [0.1, 0.15) is 0 Å². The lowest BCUT2D eigenvalue weighted by Gasteiger charge is -2.10. The Hall–Kier alpha value is -1.66. The molecule has 100 valence electrons. The zero-order valence-corrected chi connectivity index (χ0v) is 10.8. The SMILES string of the molecule is COCOc1ccc(CNC(C)C)cc1[N+](=O)[O-]. The van der Waals surface area contributed by atoms with Crippen molar-refractivity contribution in [1.82, 2.24) is 5.32 Å². The van der Waals surface area contributed by atoms with E-state index < -0.39 is 4.92 Å². The maximum absolute atomic E-state index is 10.9. The summed E-state index contributed by atoms with van der Waals surface area (Å²) in [7, 11) is 1.47. The summed E-state index contributed by atoms with van der Waals surface area (Å²) in [5, 5.41) is 14.1. The van der Waals surface area contributed by atoms with Crippen molar-refractivity contribution < 1.29 is 14.4 Å². The van der Waals surface area contributed by atoms with Crippen molar-refractivity contribution in [3.8, 4) is 5.75 Å². The van der Waals surface area contributed by atoms with Gasteiger partial charge < -0.3 is 14.8 Å². The van der Waals surface area contributed by atoms with E-state index in [0.29, 0.717) is 12.6 Å². The minimum absolute atomic E-state index is 0.00949. The van der Waals surface area contributed by atoms with Gasteiger partial charge in [-0.3, -0.25) is 10.1 Å². The van der Waals surface area contributed by atoms with Gasteiger partial charge in [0.2, 0.25) is 0 Å². The lowest BCUT2D eigenvalue weighted by atomic mass is 10.2. The van der Waals surface area contributed by atoms with Crippen molar-refractivity contribution in [1.29, 1.82) is 0 Å². The van der Waals surface area contributed by atoms with Crippen molar-refractivity contribution >= 4 is 5.69 Å². The molecule has 0 bridgehead atoms. The van der Waals surface area contributed by atoms with Gasteiger partial charge in [0.15, 0.2) is 12.5 Å². The second-order valence-electron chi connectivity index (χ2n) is 4.15. The summed E-state index contributed by atoms with van der Waals surface area (Å²) >= 11 is 0. The molecule has 0 aliphatic carbocycles. The second-order valence-corrected chi connectivity index (χ2v) is 4.15. The number of nitrogens with one attached hydrogen (secondary N) is 1. The molecule has 1 N–H and O–H groups in total. The fourth-order valence-electron chi connectivity index (χ4n) is 1.38. The fraction of sp³-hybridized carbons (Fsp3) is 0.500. The van der Waals surface area contributed by atoms with E-state index in [4.69, 9.17) is 9.47 Å². The fourth-order valence-corrected chi connectivity index (χ4v) is 1.38. The highest BCUT2D eigenvalue weighted by molar-refractivity contribution is 5.48. The molecule has 0 aromatic heterocycles. The molecule has 1 rings (SSSR count). The Kier molecular flexibility index (Phi) is 5.54. The molecule has 0 amide bonds. The molecule has 0 heterocycles. The maximum atomic E-state index is 10.9. The number of hydrogen-bond acceptors (Lipinski definition) is 5. The highest BCUT2D eigenvalue weighted by Crippen LogP contribution is 2.27. The molecule has 0 saturated heterocycles.